The van der Waals surface area contributed by atoms with E-state index in [2.05, 4.69) is 4.98 Å². The summed E-state index contributed by atoms with van der Waals surface area (Å²) in [5, 5.41) is 1.07. The van der Waals surface area contributed by atoms with E-state index in [1.165, 1.54) is 4.88 Å². The Kier molecular flexibility index (Phi) is 2.45. The number of rotatable bonds is 2. The van der Waals surface area contributed by atoms with E-state index in [9.17, 15) is 4.79 Å². The van der Waals surface area contributed by atoms with Crippen LogP contribution in [0.2, 0.25) is 0 Å². The van der Waals surface area contributed by atoms with Gasteiger partial charge in [0.15, 0.2) is 5.43 Å². The number of hydrogen-bond donors (Lipinski definition) is 0. The van der Waals surface area contributed by atoms with Gasteiger partial charge in [0, 0.05) is 35.6 Å². The molecule has 14 heavy (non-hydrogen) atoms. The Morgan fingerprint density at radius 2 is 2.14 bits per heavy atom. The van der Waals surface area contributed by atoms with Gasteiger partial charge in [-0.3, -0.25) is 4.79 Å². The first kappa shape index (κ1) is 9.15. The number of pyridine rings is 1. The molecule has 3 nitrogen and oxygen atoms in total. The third-order valence-corrected chi connectivity index (χ3v) is 2.77. The van der Waals surface area contributed by atoms with E-state index in [-0.39, 0.29) is 5.43 Å². The Bertz CT molecular complexity index is 466. The van der Waals surface area contributed by atoms with Crippen LogP contribution in [0.15, 0.2) is 35.5 Å². The highest BCUT2D eigenvalue weighted by atomic mass is 32.1. The molecule has 2 aromatic rings. The number of aryl methyl sites for hydroxylation is 1. The van der Waals surface area contributed by atoms with Gasteiger partial charge >= 0.3 is 0 Å². The molecule has 0 fully saturated rings. The molecule has 0 saturated heterocycles. The highest BCUT2D eigenvalue weighted by Gasteiger charge is 1.97. The number of nitrogens with zero attached hydrogens (tertiary/aromatic N) is 2. The van der Waals surface area contributed by atoms with Crippen molar-refractivity contribution < 1.29 is 0 Å². The molecule has 2 aromatic heterocycles. The molecule has 0 spiro atoms. The first-order valence-corrected chi connectivity index (χ1v) is 5.13. The van der Waals surface area contributed by atoms with E-state index in [4.69, 9.17) is 0 Å². The van der Waals surface area contributed by atoms with Gasteiger partial charge in [0.2, 0.25) is 0 Å². The zero-order chi connectivity index (χ0) is 9.97. The fraction of sp³-hybridized carbons (Fsp3) is 0.200. The van der Waals surface area contributed by atoms with E-state index in [0.29, 0.717) is 0 Å². The Morgan fingerprint density at radius 1 is 1.43 bits per heavy atom. The van der Waals surface area contributed by atoms with Crippen molar-refractivity contribution in [1.82, 2.24) is 9.55 Å². The van der Waals surface area contributed by atoms with Gasteiger partial charge in [-0.15, -0.1) is 11.3 Å². The van der Waals surface area contributed by atoms with Gasteiger partial charge in [0.25, 0.3) is 0 Å². The molecule has 0 saturated carbocycles. The maximum Gasteiger partial charge on any atom is 0.181 e. The monoisotopic (exact) mass is 206 g/mol. The molecule has 4 heteroatoms. The largest absolute Gasteiger partial charge is 0.349 e. The second kappa shape index (κ2) is 3.75. The third kappa shape index (κ3) is 2.09. The minimum Gasteiger partial charge on any atom is -0.349 e. The van der Waals surface area contributed by atoms with Crippen LogP contribution in [0.3, 0.4) is 0 Å². The van der Waals surface area contributed by atoms with Gasteiger partial charge in [-0.2, -0.15) is 0 Å². The fourth-order valence-corrected chi connectivity index (χ4v) is 2.01. The maximum absolute atomic E-state index is 10.9. The van der Waals surface area contributed by atoms with Crippen molar-refractivity contribution in [2.75, 3.05) is 0 Å². The smallest absolute Gasteiger partial charge is 0.181 e. The molecule has 0 aliphatic rings. The molecule has 0 radical (unpaired) electrons. The lowest BCUT2D eigenvalue weighted by atomic mass is 10.4. The number of hydrogen-bond acceptors (Lipinski definition) is 3. The summed E-state index contributed by atoms with van der Waals surface area (Å²) in [6.07, 6.45) is 5.45. The van der Waals surface area contributed by atoms with E-state index in [0.717, 1.165) is 11.6 Å². The van der Waals surface area contributed by atoms with Crippen LogP contribution in [-0.2, 0) is 6.54 Å². The van der Waals surface area contributed by atoms with Crippen LogP contribution < -0.4 is 5.43 Å². The third-order valence-electron chi connectivity index (χ3n) is 1.87. The second-order valence-corrected chi connectivity index (χ2v) is 4.37. The second-order valence-electron chi connectivity index (χ2n) is 3.05. The fourth-order valence-electron chi connectivity index (χ4n) is 1.21. The number of thiazole rings is 1. The molecule has 0 aromatic carbocycles. The standard InChI is InChI=1S/C10H10N2OS/c1-8-11-6-10(14-8)7-12-4-2-9(13)3-5-12/h2-6H,7H2,1H3. The highest BCUT2D eigenvalue weighted by molar-refractivity contribution is 7.11. The first-order valence-electron chi connectivity index (χ1n) is 4.31. The zero-order valence-corrected chi connectivity index (χ0v) is 8.62. The van der Waals surface area contributed by atoms with Crippen LogP contribution in [0.1, 0.15) is 9.88 Å². The molecule has 0 amide bonds. The topological polar surface area (TPSA) is 34.9 Å². The maximum atomic E-state index is 10.9. The highest BCUT2D eigenvalue weighted by Crippen LogP contribution is 2.12. The molecule has 0 atom stereocenters. The normalized spacial score (nSPS) is 10.4. The van der Waals surface area contributed by atoms with Crippen LogP contribution in [0.5, 0.6) is 0 Å². The van der Waals surface area contributed by atoms with Crippen LogP contribution in [-0.4, -0.2) is 9.55 Å². The van der Waals surface area contributed by atoms with Crippen molar-refractivity contribution in [1.29, 1.82) is 0 Å². The minimum atomic E-state index is 0.0433. The van der Waals surface area contributed by atoms with Crippen molar-refractivity contribution in [2.45, 2.75) is 13.5 Å². The van der Waals surface area contributed by atoms with E-state index in [1.54, 1.807) is 35.9 Å². The van der Waals surface area contributed by atoms with Crippen molar-refractivity contribution in [3.05, 3.63) is 50.8 Å². The summed E-state index contributed by atoms with van der Waals surface area (Å²) in [5.41, 5.74) is 0.0433. The van der Waals surface area contributed by atoms with Crippen LogP contribution in [0.25, 0.3) is 0 Å². The quantitative estimate of drug-likeness (QED) is 0.749. The lowest BCUT2D eigenvalue weighted by Crippen LogP contribution is -2.03. The Labute approximate surface area is 85.7 Å². The Morgan fingerprint density at radius 3 is 2.71 bits per heavy atom. The summed E-state index contributed by atoms with van der Waals surface area (Å²) >= 11 is 1.68. The summed E-state index contributed by atoms with van der Waals surface area (Å²) in [4.78, 5) is 16.2. The molecule has 0 bridgehead atoms. The molecule has 72 valence electrons. The van der Waals surface area contributed by atoms with E-state index < -0.39 is 0 Å². The molecule has 0 N–H and O–H groups in total. The lowest BCUT2D eigenvalue weighted by molar-refractivity contribution is 0.799. The average molecular weight is 206 g/mol. The van der Waals surface area contributed by atoms with Crippen molar-refractivity contribution in [3.63, 3.8) is 0 Å². The van der Waals surface area contributed by atoms with E-state index >= 15 is 0 Å². The van der Waals surface area contributed by atoms with E-state index in [1.807, 2.05) is 17.7 Å². The SMILES string of the molecule is Cc1ncc(Cn2ccc(=O)cc2)s1. The molecule has 2 rings (SSSR count). The van der Waals surface area contributed by atoms with Crippen LogP contribution in [0.4, 0.5) is 0 Å². The predicted octanol–water partition coefficient (Wildman–Crippen LogP) is 1.66. The van der Waals surface area contributed by atoms with Gasteiger partial charge in [-0.25, -0.2) is 4.98 Å². The molecule has 0 aliphatic heterocycles. The molecular formula is C10H10N2OS. The van der Waals surface area contributed by atoms with Gasteiger partial charge < -0.3 is 4.57 Å². The molecule has 0 unspecified atom stereocenters. The summed E-state index contributed by atoms with van der Waals surface area (Å²) in [6.45, 7) is 2.77. The minimum absolute atomic E-state index is 0.0433. The van der Waals surface area contributed by atoms with Gasteiger partial charge in [-0.1, -0.05) is 0 Å². The summed E-state index contributed by atoms with van der Waals surface area (Å²) in [5.74, 6) is 0. The van der Waals surface area contributed by atoms with Crippen molar-refractivity contribution >= 4 is 11.3 Å². The molecule has 2 heterocycles. The van der Waals surface area contributed by atoms with Gasteiger partial charge in [-0.05, 0) is 6.92 Å². The van der Waals surface area contributed by atoms with Gasteiger partial charge in [0.1, 0.15) is 0 Å². The zero-order valence-electron chi connectivity index (χ0n) is 7.80. The van der Waals surface area contributed by atoms with Crippen LogP contribution in [0, 0.1) is 6.92 Å². The Hall–Kier alpha value is -1.42. The van der Waals surface area contributed by atoms with Gasteiger partial charge in [0.05, 0.1) is 11.6 Å². The summed E-state index contributed by atoms with van der Waals surface area (Å²) in [7, 11) is 0. The molecule has 0 aliphatic carbocycles. The Balaban J connectivity index is 2.19. The predicted molar refractivity (Wildman–Crippen MR) is 56.7 cm³/mol. The average Bonchev–Trinajstić information content (AvgIpc) is 2.56. The summed E-state index contributed by atoms with van der Waals surface area (Å²) in [6, 6.07) is 3.13. The first-order chi connectivity index (χ1) is 6.74. The van der Waals surface area contributed by atoms with Crippen molar-refractivity contribution in [3.8, 4) is 0 Å². The van der Waals surface area contributed by atoms with Crippen LogP contribution >= 0.6 is 11.3 Å². The number of aromatic nitrogens is 2. The molecular weight excluding hydrogens is 196 g/mol. The summed E-state index contributed by atoms with van der Waals surface area (Å²) < 4.78 is 1.97. The van der Waals surface area contributed by atoms with Crippen molar-refractivity contribution in [2.24, 2.45) is 0 Å². The lowest BCUT2D eigenvalue weighted by Gasteiger charge is -2.01.